The van der Waals surface area contributed by atoms with E-state index in [1.54, 1.807) is 6.07 Å². The van der Waals surface area contributed by atoms with Gasteiger partial charge in [0.2, 0.25) is 0 Å². The normalized spacial score (nSPS) is 10.5. The van der Waals surface area contributed by atoms with Gasteiger partial charge in [-0.1, -0.05) is 30.3 Å². The molecular formula is C16H12N2O3. The Morgan fingerprint density at radius 3 is 2.43 bits per heavy atom. The molecule has 5 heteroatoms. The Morgan fingerprint density at radius 1 is 0.905 bits per heavy atom. The van der Waals surface area contributed by atoms with Crippen LogP contribution in [0.3, 0.4) is 0 Å². The van der Waals surface area contributed by atoms with Crippen LogP contribution in [0.1, 0.15) is 0 Å². The van der Waals surface area contributed by atoms with Crippen molar-refractivity contribution in [3.8, 4) is 11.5 Å². The minimum absolute atomic E-state index is 0.0919. The molecule has 0 bridgehead atoms. The van der Waals surface area contributed by atoms with E-state index in [1.165, 1.54) is 12.1 Å². The molecule has 104 valence electrons. The molecule has 3 aromatic rings. The third kappa shape index (κ3) is 2.76. The van der Waals surface area contributed by atoms with Crippen LogP contribution < -0.4 is 10.5 Å². The van der Waals surface area contributed by atoms with Crippen molar-refractivity contribution in [2.45, 2.75) is 0 Å². The van der Waals surface area contributed by atoms with Crippen LogP contribution in [0.2, 0.25) is 0 Å². The molecule has 5 nitrogen and oxygen atoms in total. The van der Waals surface area contributed by atoms with Crippen LogP contribution in [0, 0.1) is 10.1 Å². The lowest BCUT2D eigenvalue weighted by Gasteiger charge is -2.07. The molecule has 0 aliphatic rings. The maximum Gasteiger partial charge on any atom is 0.275 e. The SMILES string of the molecule is Nc1cc(Oc2ccc3ccccc3c2)cc([N+](=O)[O-])c1. The highest BCUT2D eigenvalue weighted by Crippen LogP contribution is 2.30. The summed E-state index contributed by atoms with van der Waals surface area (Å²) in [6, 6.07) is 17.7. The molecule has 3 rings (SSSR count). The minimum Gasteiger partial charge on any atom is -0.457 e. The van der Waals surface area contributed by atoms with Crippen molar-refractivity contribution in [3.05, 3.63) is 70.8 Å². The van der Waals surface area contributed by atoms with Gasteiger partial charge in [0.05, 0.1) is 11.0 Å². The maximum atomic E-state index is 10.8. The Morgan fingerprint density at radius 2 is 1.67 bits per heavy atom. The molecule has 3 aromatic carbocycles. The summed E-state index contributed by atoms with van der Waals surface area (Å²) in [5, 5.41) is 13.0. The Balaban J connectivity index is 1.96. The monoisotopic (exact) mass is 280 g/mol. The number of nitro benzene ring substituents is 1. The van der Waals surface area contributed by atoms with Gasteiger partial charge < -0.3 is 10.5 Å². The van der Waals surface area contributed by atoms with E-state index in [2.05, 4.69) is 0 Å². The fourth-order valence-electron chi connectivity index (χ4n) is 2.14. The highest BCUT2D eigenvalue weighted by atomic mass is 16.6. The van der Waals surface area contributed by atoms with E-state index in [0.29, 0.717) is 17.2 Å². The minimum atomic E-state index is -0.496. The van der Waals surface area contributed by atoms with E-state index in [9.17, 15) is 10.1 Å². The molecule has 0 aromatic heterocycles. The molecule has 0 amide bonds. The number of nitrogen functional groups attached to an aromatic ring is 1. The van der Waals surface area contributed by atoms with Crippen LogP contribution >= 0.6 is 0 Å². The van der Waals surface area contributed by atoms with Crippen molar-refractivity contribution >= 4 is 22.1 Å². The quantitative estimate of drug-likeness (QED) is 0.444. The van der Waals surface area contributed by atoms with Gasteiger partial charge in [-0.2, -0.15) is 0 Å². The van der Waals surface area contributed by atoms with E-state index < -0.39 is 4.92 Å². The van der Waals surface area contributed by atoms with Crippen LogP contribution in [0.15, 0.2) is 60.7 Å². The number of hydrogen-bond donors (Lipinski definition) is 1. The average molecular weight is 280 g/mol. The molecule has 0 spiro atoms. The number of non-ortho nitro benzene ring substituents is 1. The highest BCUT2D eigenvalue weighted by Gasteiger charge is 2.10. The van der Waals surface area contributed by atoms with Crippen LogP contribution in [0.4, 0.5) is 11.4 Å². The molecule has 0 atom stereocenters. The molecule has 0 heterocycles. The van der Waals surface area contributed by atoms with Gasteiger partial charge in [-0.05, 0) is 22.9 Å². The molecule has 0 fully saturated rings. The fourth-order valence-corrected chi connectivity index (χ4v) is 2.14. The van der Waals surface area contributed by atoms with Crippen LogP contribution in [-0.2, 0) is 0 Å². The van der Waals surface area contributed by atoms with E-state index in [4.69, 9.17) is 10.5 Å². The van der Waals surface area contributed by atoms with Crippen LogP contribution in [0.5, 0.6) is 11.5 Å². The predicted octanol–water partition coefficient (Wildman–Crippen LogP) is 4.12. The molecular weight excluding hydrogens is 268 g/mol. The third-order valence-corrected chi connectivity index (χ3v) is 3.08. The molecule has 0 saturated heterocycles. The zero-order valence-corrected chi connectivity index (χ0v) is 11.0. The van der Waals surface area contributed by atoms with E-state index in [0.717, 1.165) is 10.8 Å². The Hall–Kier alpha value is -3.08. The number of hydrogen-bond acceptors (Lipinski definition) is 4. The maximum absolute atomic E-state index is 10.8. The second-order valence-electron chi connectivity index (χ2n) is 4.63. The van der Waals surface area contributed by atoms with Gasteiger partial charge in [0.15, 0.2) is 0 Å². The molecule has 2 N–H and O–H groups in total. The van der Waals surface area contributed by atoms with Gasteiger partial charge in [-0.3, -0.25) is 10.1 Å². The highest BCUT2D eigenvalue weighted by molar-refractivity contribution is 5.83. The lowest BCUT2D eigenvalue weighted by atomic mass is 10.1. The van der Waals surface area contributed by atoms with Gasteiger partial charge in [0, 0.05) is 17.8 Å². The molecule has 0 radical (unpaired) electrons. The number of nitro groups is 1. The third-order valence-electron chi connectivity index (χ3n) is 3.08. The fraction of sp³-hybridized carbons (Fsp3) is 0. The van der Waals surface area contributed by atoms with Crippen LogP contribution in [0.25, 0.3) is 10.8 Å². The van der Waals surface area contributed by atoms with E-state index in [1.807, 2.05) is 42.5 Å². The zero-order valence-electron chi connectivity index (χ0n) is 11.0. The second kappa shape index (κ2) is 5.13. The van der Waals surface area contributed by atoms with E-state index >= 15 is 0 Å². The predicted molar refractivity (Wildman–Crippen MR) is 81.5 cm³/mol. The lowest BCUT2D eigenvalue weighted by Crippen LogP contribution is -1.93. The molecule has 0 unspecified atom stereocenters. The van der Waals surface area contributed by atoms with Crippen molar-refractivity contribution in [1.29, 1.82) is 0 Å². The average Bonchev–Trinajstić information content (AvgIpc) is 2.46. The number of anilines is 1. The van der Waals surface area contributed by atoms with Gasteiger partial charge in [0.25, 0.3) is 5.69 Å². The van der Waals surface area contributed by atoms with Gasteiger partial charge in [-0.25, -0.2) is 0 Å². The summed E-state index contributed by atoms with van der Waals surface area (Å²) in [4.78, 5) is 10.3. The van der Waals surface area contributed by atoms with Crippen molar-refractivity contribution < 1.29 is 9.66 Å². The molecule has 0 saturated carbocycles. The summed E-state index contributed by atoms with van der Waals surface area (Å²) < 4.78 is 5.67. The number of ether oxygens (including phenoxy) is 1. The van der Waals surface area contributed by atoms with Crippen LogP contribution in [-0.4, -0.2) is 4.92 Å². The van der Waals surface area contributed by atoms with Gasteiger partial charge in [0.1, 0.15) is 11.5 Å². The first kappa shape index (κ1) is 12.9. The summed E-state index contributed by atoms with van der Waals surface area (Å²) in [6.45, 7) is 0. The first-order valence-electron chi connectivity index (χ1n) is 6.33. The van der Waals surface area contributed by atoms with E-state index in [-0.39, 0.29) is 5.69 Å². The van der Waals surface area contributed by atoms with Crippen molar-refractivity contribution in [2.24, 2.45) is 0 Å². The summed E-state index contributed by atoms with van der Waals surface area (Å²) >= 11 is 0. The molecule has 0 aliphatic heterocycles. The van der Waals surface area contributed by atoms with Crippen molar-refractivity contribution in [1.82, 2.24) is 0 Å². The summed E-state index contributed by atoms with van der Waals surface area (Å²) in [6.07, 6.45) is 0. The standard InChI is InChI=1S/C16H12N2O3/c17-13-8-14(18(19)20)10-16(9-13)21-15-6-5-11-3-1-2-4-12(11)7-15/h1-10H,17H2. The van der Waals surface area contributed by atoms with Crippen molar-refractivity contribution in [2.75, 3.05) is 5.73 Å². The Kier molecular flexibility index (Phi) is 3.16. The molecule has 21 heavy (non-hydrogen) atoms. The molecule has 0 aliphatic carbocycles. The Bertz CT molecular complexity index is 831. The summed E-state index contributed by atoms with van der Waals surface area (Å²) in [7, 11) is 0. The number of benzene rings is 3. The number of fused-ring (bicyclic) bond motifs is 1. The smallest absolute Gasteiger partial charge is 0.275 e. The topological polar surface area (TPSA) is 78.4 Å². The van der Waals surface area contributed by atoms with Gasteiger partial charge in [-0.15, -0.1) is 0 Å². The largest absolute Gasteiger partial charge is 0.457 e. The summed E-state index contributed by atoms with van der Waals surface area (Å²) in [5.74, 6) is 0.950. The zero-order chi connectivity index (χ0) is 14.8. The first-order chi connectivity index (χ1) is 10.1. The first-order valence-corrected chi connectivity index (χ1v) is 6.33. The number of nitrogens with zero attached hydrogens (tertiary/aromatic N) is 1. The Labute approximate surface area is 120 Å². The van der Waals surface area contributed by atoms with Gasteiger partial charge >= 0.3 is 0 Å². The second-order valence-corrected chi connectivity index (χ2v) is 4.63. The summed E-state index contributed by atoms with van der Waals surface area (Å²) in [5.41, 5.74) is 5.86. The number of nitrogens with two attached hydrogens (primary N) is 1. The van der Waals surface area contributed by atoms with Crippen molar-refractivity contribution in [3.63, 3.8) is 0 Å². The number of rotatable bonds is 3. The lowest BCUT2D eigenvalue weighted by molar-refractivity contribution is -0.384.